The summed E-state index contributed by atoms with van der Waals surface area (Å²) in [6.45, 7) is 0.752. The Morgan fingerprint density at radius 3 is 2.59 bits per heavy atom. The van der Waals surface area contributed by atoms with E-state index in [0.29, 0.717) is 28.9 Å². The number of hydrogen-bond acceptors (Lipinski definition) is 6. The summed E-state index contributed by atoms with van der Waals surface area (Å²) in [5.74, 6) is -2.44. The Morgan fingerprint density at radius 1 is 1.19 bits per heavy atom. The molecule has 0 saturated carbocycles. The molecule has 1 saturated heterocycles. The number of rotatable bonds is 5. The first-order chi connectivity index (χ1) is 15.5. The number of anilines is 2. The minimum atomic E-state index is -0.989. The highest BCUT2D eigenvalue weighted by molar-refractivity contribution is 6.11. The zero-order chi connectivity index (χ0) is 22.4. The number of nitrogens with one attached hydrogen (secondary N) is 1. The molecule has 32 heavy (non-hydrogen) atoms. The van der Waals surface area contributed by atoms with E-state index < -0.39 is 23.4 Å². The molecule has 0 radical (unpaired) electrons. The molecule has 11 heteroatoms. The molecule has 1 aromatic carbocycles. The van der Waals surface area contributed by atoms with Crippen LogP contribution in [0.15, 0.2) is 18.5 Å². The number of aromatic amines is 1. The maximum atomic E-state index is 15.2. The number of amides is 2. The molecule has 0 bridgehead atoms. The quantitative estimate of drug-likeness (QED) is 0.647. The average Bonchev–Trinajstić information content (AvgIpc) is 3.48. The van der Waals surface area contributed by atoms with Gasteiger partial charge in [0.05, 0.1) is 50.7 Å². The number of methoxy groups -OCH3 is 2. The Kier molecular flexibility index (Phi) is 5.04. The van der Waals surface area contributed by atoms with Crippen molar-refractivity contribution in [1.82, 2.24) is 15.2 Å². The number of carbonyl (C=O) groups excluding carboxylic acids is 1. The normalized spacial score (nSPS) is 18.4. The van der Waals surface area contributed by atoms with Gasteiger partial charge < -0.3 is 14.2 Å². The standard InChI is InChI=1S/C21H21F2N5O4/c1-30-14-6-15(31-2)17(23)19(16(14)22)27-9-11-7-24-20-13(8-25-26-20)18(11)28(21(27)29)10-12-4-3-5-32-12/h6-8,12H,3-5,9-10H2,1-2H3,(H,24,25,26). The third-order valence-corrected chi connectivity index (χ3v) is 5.82. The van der Waals surface area contributed by atoms with Gasteiger partial charge in [-0.25, -0.2) is 18.6 Å². The topological polar surface area (TPSA) is 92.8 Å². The van der Waals surface area contributed by atoms with Crippen molar-refractivity contribution in [2.45, 2.75) is 25.5 Å². The van der Waals surface area contributed by atoms with Crippen molar-refractivity contribution in [1.29, 1.82) is 0 Å². The summed E-state index contributed by atoms with van der Waals surface area (Å²) < 4.78 is 46.3. The van der Waals surface area contributed by atoms with Crippen molar-refractivity contribution in [3.8, 4) is 11.5 Å². The number of carbonyl (C=O) groups is 1. The minimum Gasteiger partial charge on any atom is -0.493 e. The summed E-state index contributed by atoms with van der Waals surface area (Å²) in [6, 6.07) is 0.520. The van der Waals surface area contributed by atoms with Crippen LogP contribution in [0.25, 0.3) is 11.0 Å². The first-order valence-corrected chi connectivity index (χ1v) is 10.1. The number of fused-ring (bicyclic) bond motifs is 3. The van der Waals surface area contributed by atoms with Gasteiger partial charge in [-0.3, -0.25) is 14.9 Å². The molecule has 2 aliphatic rings. The van der Waals surface area contributed by atoms with E-state index in [2.05, 4.69) is 15.2 Å². The first-order valence-electron chi connectivity index (χ1n) is 10.1. The maximum absolute atomic E-state index is 15.2. The Balaban J connectivity index is 1.67. The van der Waals surface area contributed by atoms with E-state index in [-0.39, 0.29) is 30.7 Å². The van der Waals surface area contributed by atoms with Crippen LogP contribution in [0.3, 0.4) is 0 Å². The molecule has 1 unspecified atom stereocenters. The number of halogens is 2. The Morgan fingerprint density at radius 2 is 1.94 bits per heavy atom. The molecule has 9 nitrogen and oxygen atoms in total. The molecule has 2 aromatic heterocycles. The van der Waals surface area contributed by atoms with Crippen LogP contribution in [0.5, 0.6) is 11.5 Å². The lowest BCUT2D eigenvalue weighted by Crippen LogP contribution is -2.50. The van der Waals surface area contributed by atoms with E-state index in [1.807, 2.05) is 0 Å². The van der Waals surface area contributed by atoms with Gasteiger partial charge in [-0.2, -0.15) is 5.10 Å². The van der Waals surface area contributed by atoms with Crippen LogP contribution in [-0.2, 0) is 11.3 Å². The zero-order valence-corrected chi connectivity index (χ0v) is 17.5. The van der Waals surface area contributed by atoms with Crippen LogP contribution in [-0.4, -0.2) is 54.7 Å². The highest BCUT2D eigenvalue weighted by Gasteiger charge is 2.39. The van der Waals surface area contributed by atoms with Gasteiger partial charge in [-0.05, 0) is 12.8 Å². The van der Waals surface area contributed by atoms with Gasteiger partial charge in [0.1, 0.15) is 5.69 Å². The van der Waals surface area contributed by atoms with Crippen LogP contribution in [0, 0.1) is 11.6 Å². The Hall–Kier alpha value is -3.47. The number of pyridine rings is 1. The predicted octanol–water partition coefficient (Wildman–Crippen LogP) is 3.38. The molecule has 2 aliphatic heterocycles. The molecule has 1 N–H and O–H groups in total. The molecule has 3 aromatic rings. The van der Waals surface area contributed by atoms with Crippen molar-refractivity contribution < 1.29 is 27.8 Å². The summed E-state index contributed by atoms with van der Waals surface area (Å²) in [4.78, 5) is 20.5. The largest absolute Gasteiger partial charge is 0.493 e. The number of aromatic nitrogens is 3. The second-order valence-electron chi connectivity index (χ2n) is 7.64. The van der Waals surface area contributed by atoms with E-state index in [9.17, 15) is 4.79 Å². The Bertz CT molecular complexity index is 1170. The van der Waals surface area contributed by atoms with Gasteiger partial charge in [-0.15, -0.1) is 0 Å². The number of hydrogen-bond donors (Lipinski definition) is 1. The van der Waals surface area contributed by atoms with E-state index in [4.69, 9.17) is 14.2 Å². The summed E-state index contributed by atoms with van der Waals surface area (Å²) in [6.07, 6.45) is 4.65. The molecule has 0 spiro atoms. The lowest BCUT2D eigenvalue weighted by atomic mass is 10.1. The van der Waals surface area contributed by atoms with Crippen LogP contribution in [0.1, 0.15) is 18.4 Å². The van der Waals surface area contributed by atoms with Crippen molar-refractivity contribution in [2.75, 3.05) is 37.2 Å². The molecule has 1 fully saturated rings. The van der Waals surface area contributed by atoms with Gasteiger partial charge in [0.25, 0.3) is 0 Å². The molecule has 168 valence electrons. The highest BCUT2D eigenvalue weighted by Crippen LogP contribution is 2.42. The number of urea groups is 1. The molecular weight excluding hydrogens is 424 g/mol. The number of H-pyrrole nitrogens is 1. The van der Waals surface area contributed by atoms with E-state index >= 15 is 8.78 Å². The molecule has 1 atom stereocenters. The lowest BCUT2D eigenvalue weighted by Gasteiger charge is -2.38. The second-order valence-corrected chi connectivity index (χ2v) is 7.64. The predicted molar refractivity (Wildman–Crippen MR) is 111 cm³/mol. The SMILES string of the molecule is COc1cc(OC)c(F)c(N2Cc3cnc4[nH]ncc4c3N(CC3CCCO3)C2=O)c1F. The van der Waals surface area contributed by atoms with Crippen LogP contribution in [0.2, 0.25) is 0 Å². The molecule has 5 rings (SSSR count). The third-order valence-electron chi connectivity index (χ3n) is 5.82. The average molecular weight is 445 g/mol. The molecule has 0 aliphatic carbocycles. The van der Waals surface area contributed by atoms with E-state index in [1.165, 1.54) is 19.1 Å². The highest BCUT2D eigenvalue weighted by atomic mass is 19.1. The van der Waals surface area contributed by atoms with Crippen LogP contribution < -0.4 is 19.3 Å². The fourth-order valence-corrected chi connectivity index (χ4v) is 4.29. The monoisotopic (exact) mass is 445 g/mol. The fraction of sp³-hybridized carbons (Fsp3) is 0.381. The number of ether oxygens (including phenoxy) is 3. The summed E-state index contributed by atoms with van der Waals surface area (Å²) in [5, 5.41) is 7.47. The molecular formula is C21H21F2N5O4. The van der Waals surface area contributed by atoms with Gasteiger partial charge in [0.15, 0.2) is 28.8 Å². The van der Waals surface area contributed by atoms with E-state index in [1.54, 1.807) is 12.4 Å². The second kappa shape index (κ2) is 7.90. The fourth-order valence-electron chi connectivity index (χ4n) is 4.29. The third kappa shape index (κ3) is 3.11. The summed E-state index contributed by atoms with van der Waals surface area (Å²) in [7, 11) is 2.52. The zero-order valence-electron chi connectivity index (χ0n) is 17.5. The number of nitrogens with zero attached hydrogens (tertiary/aromatic N) is 4. The van der Waals surface area contributed by atoms with Crippen LogP contribution in [0.4, 0.5) is 25.0 Å². The van der Waals surface area contributed by atoms with Gasteiger partial charge >= 0.3 is 6.03 Å². The lowest BCUT2D eigenvalue weighted by molar-refractivity contribution is 0.116. The van der Waals surface area contributed by atoms with Gasteiger partial charge in [-0.1, -0.05) is 0 Å². The van der Waals surface area contributed by atoms with Gasteiger partial charge in [0, 0.05) is 24.4 Å². The molecule has 2 amide bonds. The van der Waals surface area contributed by atoms with E-state index in [0.717, 1.165) is 23.8 Å². The first kappa shape index (κ1) is 20.4. The van der Waals surface area contributed by atoms with Crippen molar-refractivity contribution in [3.63, 3.8) is 0 Å². The maximum Gasteiger partial charge on any atom is 0.329 e. The smallest absolute Gasteiger partial charge is 0.329 e. The van der Waals surface area contributed by atoms with Crippen molar-refractivity contribution in [2.24, 2.45) is 0 Å². The summed E-state index contributed by atoms with van der Waals surface area (Å²) in [5.41, 5.74) is 1.21. The summed E-state index contributed by atoms with van der Waals surface area (Å²) >= 11 is 0. The van der Waals surface area contributed by atoms with Crippen LogP contribution >= 0.6 is 0 Å². The minimum absolute atomic E-state index is 0.0888. The Labute approximate surface area is 181 Å². The van der Waals surface area contributed by atoms with Crippen molar-refractivity contribution in [3.05, 3.63) is 35.7 Å². The number of benzene rings is 1. The van der Waals surface area contributed by atoms with Crippen molar-refractivity contribution >= 4 is 28.4 Å². The van der Waals surface area contributed by atoms with Gasteiger partial charge in [0.2, 0.25) is 0 Å². The molecule has 4 heterocycles.